The van der Waals surface area contributed by atoms with Crippen molar-refractivity contribution < 1.29 is 18.5 Å². The lowest BCUT2D eigenvalue weighted by Gasteiger charge is -2.15. The van der Waals surface area contributed by atoms with Crippen LogP contribution in [-0.2, 0) is 0 Å². The van der Waals surface area contributed by atoms with Crippen molar-refractivity contribution in [2.75, 3.05) is 13.1 Å². The molecule has 3 N–H and O–H groups in total. The second kappa shape index (κ2) is 7.35. The second-order valence-corrected chi connectivity index (χ2v) is 5.40. The number of nitrogens with zero attached hydrogens (tertiary/aromatic N) is 3. The van der Waals surface area contributed by atoms with E-state index >= 15 is 0 Å². The first-order valence-corrected chi connectivity index (χ1v) is 7.37. The van der Waals surface area contributed by atoms with Crippen LogP contribution in [0.15, 0.2) is 35.1 Å². The van der Waals surface area contributed by atoms with E-state index in [1.807, 2.05) is 5.32 Å². The molecule has 138 valence electrons. The van der Waals surface area contributed by atoms with E-state index in [1.165, 1.54) is 31.2 Å². The lowest BCUT2D eigenvalue weighted by molar-refractivity contribution is -0.384. The molecule has 0 radical (unpaired) electrons. The Kier molecular flexibility index (Phi) is 5.41. The van der Waals surface area contributed by atoms with Gasteiger partial charge in [-0.05, 0) is 13.0 Å². The molecule has 1 aromatic carbocycles. The number of nitrogens with two attached hydrogens (primary N) is 1. The molecule has 0 aliphatic carbocycles. The Hall–Kier alpha value is -3.21. The van der Waals surface area contributed by atoms with Crippen LogP contribution in [0.1, 0.15) is 16.2 Å². The number of nitrogens with one attached hydrogen (secondary N) is 1. The van der Waals surface area contributed by atoms with Crippen LogP contribution >= 0.6 is 0 Å². The Bertz CT molecular complexity index is 913. The lowest BCUT2D eigenvalue weighted by Crippen LogP contribution is -2.43. The van der Waals surface area contributed by atoms with Gasteiger partial charge in [-0.15, -0.1) is 0 Å². The summed E-state index contributed by atoms with van der Waals surface area (Å²) in [5.41, 5.74) is 3.37. The fourth-order valence-corrected chi connectivity index (χ4v) is 2.11. The average Bonchev–Trinajstić information content (AvgIpc) is 2.60. The first-order chi connectivity index (χ1) is 12.2. The molecule has 1 amide bonds. The topological polar surface area (TPSA) is 133 Å². The Morgan fingerprint density at radius 3 is 2.69 bits per heavy atom. The van der Waals surface area contributed by atoms with Crippen LogP contribution in [0.2, 0.25) is 0 Å². The number of benzene rings is 1. The van der Waals surface area contributed by atoms with E-state index in [1.54, 1.807) is 0 Å². The van der Waals surface area contributed by atoms with Crippen molar-refractivity contribution in [3.05, 3.63) is 62.1 Å². The van der Waals surface area contributed by atoms with Gasteiger partial charge in [0.25, 0.3) is 17.5 Å². The molecule has 1 aromatic heterocycles. The Balaban J connectivity index is 2.47. The molecule has 0 atom stereocenters. The highest BCUT2D eigenvalue weighted by Crippen LogP contribution is 2.22. The Morgan fingerprint density at radius 1 is 1.42 bits per heavy atom. The van der Waals surface area contributed by atoms with Gasteiger partial charge in [0.15, 0.2) is 5.69 Å². The summed E-state index contributed by atoms with van der Waals surface area (Å²) in [6.45, 7) is -0.576. The largest absolute Gasteiger partial charge is 0.344 e. The van der Waals surface area contributed by atoms with Crippen molar-refractivity contribution in [1.82, 2.24) is 15.1 Å². The average molecular weight is 367 g/mol. The smallest absolute Gasteiger partial charge is 0.294 e. The SMILES string of the molecule is Cc1cc(=O)c(C(=O)NCC(F)(F)CN)nn1-c1ccccc1[N+](=O)[O-]. The van der Waals surface area contributed by atoms with E-state index in [9.17, 15) is 28.5 Å². The first kappa shape index (κ1) is 19.1. The number of aromatic nitrogens is 2. The van der Waals surface area contributed by atoms with Crippen LogP contribution in [-0.4, -0.2) is 39.6 Å². The third-order valence-corrected chi connectivity index (χ3v) is 3.44. The summed E-state index contributed by atoms with van der Waals surface area (Å²) < 4.78 is 27.4. The third-order valence-electron chi connectivity index (χ3n) is 3.44. The molecule has 0 fully saturated rings. The van der Waals surface area contributed by atoms with Crippen molar-refractivity contribution in [1.29, 1.82) is 0 Å². The van der Waals surface area contributed by atoms with Crippen molar-refractivity contribution >= 4 is 11.6 Å². The third kappa shape index (κ3) is 4.06. The molecule has 0 aliphatic rings. The molecule has 0 unspecified atom stereocenters. The van der Waals surface area contributed by atoms with Gasteiger partial charge >= 0.3 is 0 Å². The zero-order chi connectivity index (χ0) is 19.5. The summed E-state index contributed by atoms with van der Waals surface area (Å²) in [6.07, 6.45) is 0. The Morgan fingerprint density at radius 2 is 2.08 bits per heavy atom. The molecule has 1 heterocycles. The van der Waals surface area contributed by atoms with Crippen LogP contribution in [0.25, 0.3) is 5.69 Å². The van der Waals surface area contributed by atoms with Gasteiger partial charge in [0.1, 0.15) is 5.69 Å². The van der Waals surface area contributed by atoms with Crippen molar-refractivity contribution in [2.24, 2.45) is 5.73 Å². The van der Waals surface area contributed by atoms with E-state index in [4.69, 9.17) is 5.73 Å². The van der Waals surface area contributed by atoms with Crippen LogP contribution in [0.3, 0.4) is 0 Å². The van der Waals surface area contributed by atoms with E-state index < -0.39 is 41.0 Å². The molecular formula is C15H15F2N5O4. The van der Waals surface area contributed by atoms with Crippen LogP contribution < -0.4 is 16.5 Å². The highest BCUT2D eigenvalue weighted by molar-refractivity contribution is 5.92. The van der Waals surface area contributed by atoms with E-state index in [2.05, 4.69) is 5.10 Å². The number of aryl methyl sites for hydroxylation is 1. The number of nitro groups is 1. The van der Waals surface area contributed by atoms with Crippen LogP contribution in [0, 0.1) is 17.0 Å². The van der Waals surface area contributed by atoms with Gasteiger partial charge in [-0.3, -0.25) is 19.7 Å². The number of carbonyl (C=O) groups excluding carboxylic acids is 1. The maximum absolute atomic E-state index is 13.2. The fraction of sp³-hybridized carbons (Fsp3) is 0.267. The molecule has 0 saturated heterocycles. The van der Waals surface area contributed by atoms with E-state index in [-0.39, 0.29) is 17.1 Å². The van der Waals surface area contributed by atoms with Gasteiger partial charge in [-0.25, -0.2) is 13.5 Å². The molecule has 0 aliphatic heterocycles. The van der Waals surface area contributed by atoms with Gasteiger partial charge in [-0.1, -0.05) is 12.1 Å². The lowest BCUT2D eigenvalue weighted by atomic mass is 10.2. The van der Waals surface area contributed by atoms with Gasteiger partial charge < -0.3 is 11.1 Å². The van der Waals surface area contributed by atoms with E-state index in [0.717, 1.165) is 10.7 Å². The van der Waals surface area contributed by atoms with Crippen molar-refractivity contribution in [2.45, 2.75) is 12.8 Å². The molecule has 9 nitrogen and oxygen atoms in total. The number of amides is 1. The first-order valence-electron chi connectivity index (χ1n) is 7.37. The molecule has 0 saturated carbocycles. The molecule has 26 heavy (non-hydrogen) atoms. The number of hydrogen-bond donors (Lipinski definition) is 2. The molecule has 11 heteroatoms. The number of halogens is 2. The number of para-hydroxylation sites is 2. The fourth-order valence-electron chi connectivity index (χ4n) is 2.11. The summed E-state index contributed by atoms with van der Waals surface area (Å²) in [6, 6.07) is 6.62. The summed E-state index contributed by atoms with van der Waals surface area (Å²) >= 11 is 0. The summed E-state index contributed by atoms with van der Waals surface area (Å²) in [5.74, 6) is -4.46. The molecule has 0 spiro atoms. The van der Waals surface area contributed by atoms with Crippen LogP contribution in [0.4, 0.5) is 14.5 Å². The monoisotopic (exact) mass is 367 g/mol. The predicted octanol–water partition coefficient (Wildman–Crippen LogP) is 0.773. The van der Waals surface area contributed by atoms with Gasteiger partial charge in [0.05, 0.1) is 18.0 Å². The second-order valence-electron chi connectivity index (χ2n) is 5.40. The zero-order valence-corrected chi connectivity index (χ0v) is 13.6. The zero-order valence-electron chi connectivity index (χ0n) is 13.6. The predicted molar refractivity (Wildman–Crippen MR) is 87.6 cm³/mol. The van der Waals surface area contributed by atoms with Crippen molar-refractivity contribution in [3.8, 4) is 5.69 Å². The molecule has 0 bridgehead atoms. The maximum atomic E-state index is 13.2. The quantitative estimate of drug-likeness (QED) is 0.572. The van der Waals surface area contributed by atoms with Crippen LogP contribution in [0.5, 0.6) is 0 Å². The maximum Gasteiger partial charge on any atom is 0.294 e. The summed E-state index contributed by atoms with van der Waals surface area (Å²) in [4.78, 5) is 34.6. The number of carbonyl (C=O) groups is 1. The highest BCUT2D eigenvalue weighted by atomic mass is 19.3. The molecule has 2 rings (SSSR count). The molecular weight excluding hydrogens is 352 g/mol. The Labute approximate surface area is 145 Å². The minimum absolute atomic E-state index is 0.0244. The number of nitro benzene ring substituents is 1. The highest BCUT2D eigenvalue weighted by Gasteiger charge is 2.28. The summed E-state index contributed by atoms with van der Waals surface area (Å²) in [5, 5.41) is 16.9. The minimum Gasteiger partial charge on any atom is -0.344 e. The standard InChI is InChI=1S/C15H15F2N5O4/c1-9-6-12(23)13(14(24)19-8-15(16,17)7-18)20-21(9)10-4-2-3-5-11(10)22(25)26/h2-6H,7-8,18H2,1H3,(H,19,24). The number of rotatable bonds is 6. The minimum atomic E-state index is -3.34. The molecule has 2 aromatic rings. The number of hydrogen-bond acceptors (Lipinski definition) is 6. The van der Waals surface area contributed by atoms with Gasteiger partial charge in [0, 0.05) is 17.8 Å². The van der Waals surface area contributed by atoms with E-state index in [0.29, 0.717) is 0 Å². The van der Waals surface area contributed by atoms with Gasteiger partial charge in [-0.2, -0.15) is 5.10 Å². The normalized spacial score (nSPS) is 11.2. The van der Waals surface area contributed by atoms with Crippen molar-refractivity contribution in [3.63, 3.8) is 0 Å². The number of alkyl halides is 2. The summed E-state index contributed by atoms with van der Waals surface area (Å²) in [7, 11) is 0. The van der Waals surface area contributed by atoms with Gasteiger partial charge in [0.2, 0.25) is 5.43 Å².